The molecule has 1 atom stereocenters. The minimum absolute atomic E-state index is 0.147. The minimum atomic E-state index is 0.147. The van der Waals surface area contributed by atoms with Crippen LogP contribution in [0.5, 0.6) is 5.75 Å². The summed E-state index contributed by atoms with van der Waals surface area (Å²) in [5, 5.41) is 0. The van der Waals surface area contributed by atoms with Crippen molar-refractivity contribution in [1.82, 2.24) is 9.88 Å². The van der Waals surface area contributed by atoms with Crippen molar-refractivity contribution in [2.24, 2.45) is 0 Å². The van der Waals surface area contributed by atoms with Gasteiger partial charge in [0.25, 0.3) is 0 Å². The van der Waals surface area contributed by atoms with E-state index in [9.17, 15) is 4.79 Å². The highest BCUT2D eigenvalue weighted by Gasteiger charge is 2.26. The highest BCUT2D eigenvalue weighted by molar-refractivity contribution is 5.58. The first-order valence-electron chi connectivity index (χ1n) is 8.81. The second-order valence-corrected chi connectivity index (χ2v) is 6.84. The van der Waals surface area contributed by atoms with E-state index in [1.807, 2.05) is 32.2 Å². The van der Waals surface area contributed by atoms with Crippen molar-refractivity contribution >= 4 is 5.69 Å². The molecule has 1 aliphatic rings. The molecule has 1 aliphatic heterocycles. The van der Waals surface area contributed by atoms with Gasteiger partial charge in [0, 0.05) is 55.2 Å². The van der Waals surface area contributed by atoms with Crippen LogP contribution in [0.25, 0.3) is 0 Å². The van der Waals surface area contributed by atoms with Crippen molar-refractivity contribution in [2.45, 2.75) is 33.4 Å². The van der Waals surface area contributed by atoms with E-state index in [0.717, 1.165) is 54.4 Å². The number of piperazine rings is 1. The van der Waals surface area contributed by atoms with E-state index in [1.54, 1.807) is 7.11 Å². The van der Waals surface area contributed by atoms with Gasteiger partial charge in [-0.05, 0) is 32.9 Å². The summed E-state index contributed by atoms with van der Waals surface area (Å²) < 4.78 is 5.50. The van der Waals surface area contributed by atoms with Crippen molar-refractivity contribution in [1.29, 1.82) is 0 Å². The number of pyridine rings is 1. The molecule has 0 aliphatic carbocycles. The van der Waals surface area contributed by atoms with E-state index in [0.29, 0.717) is 6.04 Å². The molecule has 1 saturated heterocycles. The maximum absolute atomic E-state index is 12.2. The van der Waals surface area contributed by atoms with Gasteiger partial charge in [-0.15, -0.1) is 0 Å². The van der Waals surface area contributed by atoms with Crippen LogP contribution in [0.15, 0.2) is 35.3 Å². The number of rotatable bonds is 4. The molecule has 134 valence electrons. The average Bonchev–Trinajstić information content (AvgIpc) is 2.63. The summed E-state index contributed by atoms with van der Waals surface area (Å²) in [7, 11) is 1.72. The van der Waals surface area contributed by atoms with Crippen LogP contribution in [0.3, 0.4) is 0 Å². The molecule has 0 radical (unpaired) electrons. The number of H-pyrrole nitrogens is 1. The normalized spacial score (nSPS) is 18.4. The number of aryl methyl sites for hydroxylation is 1. The summed E-state index contributed by atoms with van der Waals surface area (Å²) in [6, 6.07) is 8.56. The quantitative estimate of drug-likeness (QED) is 0.929. The van der Waals surface area contributed by atoms with E-state index in [4.69, 9.17) is 4.74 Å². The van der Waals surface area contributed by atoms with Crippen LogP contribution < -0.4 is 15.1 Å². The van der Waals surface area contributed by atoms with Gasteiger partial charge in [0.15, 0.2) is 5.43 Å². The van der Waals surface area contributed by atoms with E-state index < -0.39 is 0 Å². The Balaban J connectivity index is 1.72. The lowest BCUT2D eigenvalue weighted by atomic mass is 10.1. The molecule has 1 unspecified atom stereocenters. The highest BCUT2D eigenvalue weighted by Crippen LogP contribution is 2.29. The van der Waals surface area contributed by atoms with Gasteiger partial charge < -0.3 is 14.6 Å². The zero-order valence-electron chi connectivity index (χ0n) is 15.5. The molecule has 0 bridgehead atoms. The summed E-state index contributed by atoms with van der Waals surface area (Å²) in [6.07, 6.45) is 1.82. The molecule has 1 N–H and O–H groups in total. The van der Waals surface area contributed by atoms with Gasteiger partial charge in [-0.2, -0.15) is 0 Å². The standard InChI is InChI=1S/C20H27N3O2/c1-14-11-21-17(16(3)20(14)24)13-22-9-10-23(12-15(22)2)18-7-5-6-8-19(18)25-4/h5-8,11,15H,9-10,12-13H2,1-4H3,(H,21,24). The van der Waals surface area contributed by atoms with Crippen molar-refractivity contribution in [3.8, 4) is 5.75 Å². The van der Waals surface area contributed by atoms with Gasteiger partial charge >= 0.3 is 0 Å². The fourth-order valence-electron chi connectivity index (χ4n) is 3.51. The monoisotopic (exact) mass is 341 g/mol. The zero-order chi connectivity index (χ0) is 18.0. The molecule has 25 heavy (non-hydrogen) atoms. The maximum atomic E-state index is 12.2. The molecule has 1 aromatic heterocycles. The number of ether oxygens (including phenoxy) is 1. The second kappa shape index (κ2) is 7.31. The van der Waals surface area contributed by atoms with Crippen molar-refractivity contribution < 1.29 is 4.74 Å². The molecule has 1 aromatic carbocycles. The third-order valence-electron chi connectivity index (χ3n) is 5.17. The SMILES string of the molecule is COc1ccccc1N1CCN(Cc2[nH]cc(C)c(=O)c2C)C(C)C1. The lowest BCUT2D eigenvalue weighted by Gasteiger charge is -2.41. The van der Waals surface area contributed by atoms with Gasteiger partial charge in [0.1, 0.15) is 5.75 Å². The lowest BCUT2D eigenvalue weighted by molar-refractivity contribution is 0.178. The highest BCUT2D eigenvalue weighted by atomic mass is 16.5. The number of nitrogens with zero attached hydrogens (tertiary/aromatic N) is 2. The molecule has 3 rings (SSSR count). The van der Waals surface area contributed by atoms with Crippen LogP contribution in [-0.4, -0.2) is 42.7 Å². The van der Waals surface area contributed by atoms with E-state index in [1.165, 1.54) is 0 Å². The Labute approximate surface area is 149 Å². The Morgan fingerprint density at radius 3 is 2.72 bits per heavy atom. The third kappa shape index (κ3) is 3.56. The first-order chi connectivity index (χ1) is 12.0. The van der Waals surface area contributed by atoms with Crippen LogP contribution in [0.1, 0.15) is 23.7 Å². The Bertz CT molecular complexity index is 800. The Hall–Kier alpha value is -2.27. The summed E-state index contributed by atoms with van der Waals surface area (Å²) >= 11 is 0. The Morgan fingerprint density at radius 2 is 2.00 bits per heavy atom. The fourth-order valence-corrected chi connectivity index (χ4v) is 3.51. The number of para-hydroxylation sites is 2. The molecule has 2 aromatic rings. The predicted molar refractivity (Wildman–Crippen MR) is 102 cm³/mol. The molecule has 5 nitrogen and oxygen atoms in total. The lowest BCUT2D eigenvalue weighted by Crippen LogP contribution is -2.51. The van der Waals surface area contributed by atoms with E-state index in [-0.39, 0.29) is 5.43 Å². The summed E-state index contributed by atoms with van der Waals surface area (Å²) in [4.78, 5) is 20.3. The first kappa shape index (κ1) is 17.5. The van der Waals surface area contributed by atoms with Crippen molar-refractivity contribution in [3.05, 3.63) is 57.5 Å². The number of nitrogens with one attached hydrogen (secondary N) is 1. The predicted octanol–water partition coefficient (Wildman–Crippen LogP) is 2.71. The molecular weight excluding hydrogens is 314 g/mol. The molecule has 0 saturated carbocycles. The molecule has 0 spiro atoms. The smallest absolute Gasteiger partial charge is 0.187 e. The zero-order valence-corrected chi connectivity index (χ0v) is 15.5. The number of aromatic nitrogens is 1. The molecule has 1 fully saturated rings. The van der Waals surface area contributed by atoms with Crippen molar-refractivity contribution in [3.63, 3.8) is 0 Å². The molecular formula is C20H27N3O2. The van der Waals surface area contributed by atoms with Crippen LogP contribution in [-0.2, 0) is 6.54 Å². The van der Waals surface area contributed by atoms with Gasteiger partial charge in [-0.25, -0.2) is 0 Å². The molecule has 2 heterocycles. The van der Waals surface area contributed by atoms with Gasteiger partial charge in [0.05, 0.1) is 12.8 Å². The fraction of sp³-hybridized carbons (Fsp3) is 0.450. The Kier molecular flexibility index (Phi) is 5.13. The second-order valence-electron chi connectivity index (χ2n) is 6.84. The third-order valence-corrected chi connectivity index (χ3v) is 5.17. The number of hydrogen-bond donors (Lipinski definition) is 1. The number of benzene rings is 1. The summed E-state index contributed by atoms with van der Waals surface area (Å²) in [6.45, 7) is 9.62. The number of hydrogen-bond acceptors (Lipinski definition) is 4. The largest absolute Gasteiger partial charge is 0.495 e. The first-order valence-corrected chi connectivity index (χ1v) is 8.81. The number of methoxy groups -OCH3 is 1. The van der Waals surface area contributed by atoms with Crippen LogP contribution in [0.2, 0.25) is 0 Å². The number of anilines is 1. The molecule has 5 heteroatoms. The van der Waals surface area contributed by atoms with Crippen LogP contribution in [0.4, 0.5) is 5.69 Å². The number of aromatic amines is 1. The maximum Gasteiger partial charge on any atom is 0.187 e. The Morgan fingerprint density at radius 1 is 1.24 bits per heavy atom. The van der Waals surface area contributed by atoms with Crippen LogP contribution in [0, 0.1) is 13.8 Å². The van der Waals surface area contributed by atoms with Gasteiger partial charge in [-0.3, -0.25) is 9.69 Å². The van der Waals surface area contributed by atoms with Gasteiger partial charge in [-0.1, -0.05) is 12.1 Å². The topological polar surface area (TPSA) is 48.6 Å². The van der Waals surface area contributed by atoms with Crippen molar-refractivity contribution in [2.75, 3.05) is 31.6 Å². The van der Waals surface area contributed by atoms with E-state index >= 15 is 0 Å². The summed E-state index contributed by atoms with van der Waals surface area (Å²) in [5.74, 6) is 0.918. The average molecular weight is 341 g/mol. The van der Waals surface area contributed by atoms with E-state index in [2.05, 4.69) is 33.8 Å². The van der Waals surface area contributed by atoms with Crippen LogP contribution >= 0.6 is 0 Å². The van der Waals surface area contributed by atoms with Gasteiger partial charge in [0.2, 0.25) is 0 Å². The summed E-state index contributed by atoms with van der Waals surface area (Å²) in [5.41, 5.74) is 3.92. The minimum Gasteiger partial charge on any atom is -0.495 e. The molecule has 0 amide bonds.